The smallest absolute Gasteiger partial charge is 0.201 e. The summed E-state index contributed by atoms with van der Waals surface area (Å²) >= 11 is 0. The Bertz CT molecular complexity index is 1260. The van der Waals surface area contributed by atoms with Gasteiger partial charge in [-0.1, -0.05) is 79.7 Å². The second-order valence-corrected chi connectivity index (χ2v) is 13.7. The number of aromatic nitrogens is 1. The SMILES string of the molecule is Cc1ccccc1-c1cc(-c2c3c(cc4c2C(C)(C)CC4(C)C)C(C)(C)CC3(C)C)cc[n+]1C. The monoisotopic (exact) mass is 452 g/mol. The molecule has 2 aromatic carbocycles. The molecule has 0 aliphatic heterocycles. The summed E-state index contributed by atoms with van der Waals surface area (Å²) in [5.41, 5.74) is 13.8. The van der Waals surface area contributed by atoms with Gasteiger partial charge in [0.25, 0.3) is 0 Å². The van der Waals surface area contributed by atoms with E-state index >= 15 is 0 Å². The molecule has 1 heterocycles. The minimum Gasteiger partial charge on any atom is -0.201 e. The van der Waals surface area contributed by atoms with E-state index in [1.54, 1.807) is 22.3 Å². The number of benzene rings is 2. The molecule has 34 heavy (non-hydrogen) atoms. The van der Waals surface area contributed by atoms with E-state index in [0.29, 0.717) is 0 Å². The maximum Gasteiger partial charge on any atom is 0.213 e. The normalized spacial score (nSPS) is 20.8. The summed E-state index contributed by atoms with van der Waals surface area (Å²) in [6, 6.07) is 16.2. The third-order valence-corrected chi connectivity index (χ3v) is 8.77. The lowest BCUT2D eigenvalue weighted by molar-refractivity contribution is -0.660. The van der Waals surface area contributed by atoms with Crippen molar-refractivity contribution >= 4 is 0 Å². The van der Waals surface area contributed by atoms with Crippen molar-refractivity contribution in [3.8, 4) is 22.4 Å². The van der Waals surface area contributed by atoms with Crippen molar-refractivity contribution < 1.29 is 4.57 Å². The molecule has 0 N–H and O–H groups in total. The predicted molar refractivity (Wildman–Crippen MR) is 145 cm³/mol. The van der Waals surface area contributed by atoms with Crippen molar-refractivity contribution in [2.45, 2.75) is 96.8 Å². The summed E-state index contributed by atoms with van der Waals surface area (Å²) in [6.07, 6.45) is 4.65. The fraction of sp³-hybridized carbons (Fsp3) is 0.485. The van der Waals surface area contributed by atoms with E-state index in [1.807, 2.05) is 0 Å². The molecule has 1 aromatic heterocycles. The molecule has 5 rings (SSSR count). The van der Waals surface area contributed by atoms with E-state index in [2.05, 4.69) is 123 Å². The first-order valence-corrected chi connectivity index (χ1v) is 12.9. The Morgan fingerprint density at radius 2 is 1.21 bits per heavy atom. The average molecular weight is 453 g/mol. The van der Waals surface area contributed by atoms with Crippen LogP contribution in [-0.4, -0.2) is 0 Å². The van der Waals surface area contributed by atoms with Gasteiger partial charge in [-0.25, -0.2) is 4.57 Å². The van der Waals surface area contributed by atoms with E-state index in [4.69, 9.17) is 0 Å². The molecule has 0 spiro atoms. The van der Waals surface area contributed by atoms with E-state index in [-0.39, 0.29) is 21.7 Å². The summed E-state index contributed by atoms with van der Waals surface area (Å²) in [5, 5.41) is 0. The molecule has 0 unspecified atom stereocenters. The minimum atomic E-state index is 0.146. The van der Waals surface area contributed by atoms with Crippen molar-refractivity contribution in [2.24, 2.45) is 7.05 Å². The first-order chi connectivity index (χ1) is 15.7. The Morgan fingerprint density at radius 3 is 1.74 bits per heavy atom. The second-order valence-electron chi connectivity index (χ2n) is 13.7. The van der Waals surface area contributed by atoms with Crippen molar-refractivity contribution in [3.63, 3.8) is 0 Å². The summed E-state index contributed by atoms with van der Waals surface area (Å²) in [5.74, 6) is 0. The van der Waals surface area contributed by atoms with Gasteiger partial charge in [0.05, 0.1) is 0 Å². The molecule has 0 fully saturated rings. The lowest BCUT2D eigenvalue weighted by atomic mass is 9.74. The van der Waals surface area contributed by atoms with Gasteiger partial charge in [-0.3, -0.25) is 0 Å². The highest BCUT2D eigenvalue weighted by molar-refractivity contribution is 5.81. The Labute approximate surface area is 207 Å². The third-order valence-electron chi connectivity index (χ3n) is 8.77. The zero-order valence-corrected chi connectivity index (χ0v) is 23.0. The molecule has 0 amide bonds. The van der Waals surface area contributed by atoms with Crippen LogP contribution in [0.1, 0.15) is 96.0 Å². The fourth-order valence-corrected chi connectivity index (χ4v) is 7.88. The molecule has 0 saturated carbocycles. The second kappa shape index (κ2) is 7.06. The molecular formula is C33H42N+. The number of hydrogen-bond donors (Lipinski definition) is 0. The van der Waals surface area contributed by atoms with Crippen LogP contribution in [0.15, 0.2) is 48.7 Å². The Hall–Kier alpha value is -2.41. The Balaban J connectivity index is 1.91. The van der Waals surface area contributed by atoms with Crippen molar-refractivity contribution in [1.29, 1.82) is 0 Å². The number of aryl methyl sites for hydroxylation is 2. The van der Waals surface area contributed by atoms with Gasteiger partial charge in [-0.05, 0) is 86.4 Å². The molecule has 1 nitrogen and oxygen atoms in total. The number of rotatable bonds is 2. The van der Waals surface area contributed by atoms with E-state index in [0.717, 1.165) is 0 Å². The van der Waals surface area contributed by atoms with E-state index in [9.17, 15) is 0 Å². The number of pyridine rings is 1. The highest BCUT2D eigenvalue weighted by Crippen LogP contribution is 2.60. The van der Waals surface area contributed by atoms with Gasteiger partial charge in [0, 0.05) is 17.7 Å². The summed E-state index contributed by atoms with van der Waals surface area (Å²) < 4.78 is 2.28. The van der Waals surface area contributed by atoms with Crippen LogP contribution in [0.4, 0.5) is 0 Å². The fourth-order valence-electron chi connectivity index (χ4n) is 7.88. The average Bonchev–Trinajstić information content (AvgIpc) is 3.02. The molecule has 178 valence electrons. The van der Waals surface area contributed by atoms with Crippen LogP contribution in [0.3, 0.4) is 0 Å². The van der Waals surface area contributed by atoms with Crippen LogP contribution in [0.5, 0.6) is 0 Å². The van der Waals surface area contributed by atoms with Gasteiger partial charge in [0.15, 0.2) is 6.20 Å². The molecule has 0 radical (unpaired) electrons. The summed E-state index contributed by atoms with van der Waals surface area (Å²) in [4.78, 5) is 0. The van der Waals surface area contributed by atoms with Crippen LogP contribution in [0, 0.1) is 6.92 Å². The maximum absolute atomic E-state index is 2.61. The minimum absolute atomic E-state index is 0.146. The zero-order valence-electron chi connectivity index (χ0n) is 23.0. The quantitative estimate of drug-likeness (QED) is 0.346. The molecule has 2 aliphatic rings. The first kappa shape index (κ1) is 23.3. The summed E-state index contributed by atoms with van der Waals surface area (Å²) in [7, 11) is 2.17. The zero-order chi connectivity index (χ0) is 24.8. The van der Waals surface area contributed by atoms with Crippen molar-refractivity contribution in [1.82, 2.24) is 0 Å². The van der Waals surface area contributed by atoms with Crippen LogP contribution in [0.2, 0.25) is 0 Å². The third kappa shape index (κ3) is 3.30. The van der Waals surface area contributed by atoms with Crippen LogP contribution >= 0.6 is 0 Å². The van der Waals surface area contributed by atoms with E-state index < -0.39 is 0 Å². The van der Waals surface area contributed by atoms with Crippen LogP contribution < -0.4 is 4.57 Å². The van der Waals surface area contributed by atoms with Gasteiger partial charge in [0.2, 0.25) is 5.69 Å². The van der Waals surface area contributed by atoms with Gasteiger partial charge >= 0.3 is 0 Å². The molecule has 0 bridgehead atoms. The van der Waals surface area contributed by atoms with Crippen LogP contribution in [-0.2, 0) is 28.7 Å². The van der Waals surface area contributed by atoms with Gasteiger partial charge < -0.3 is 0 Å². The molecule has 0 atom stereocenters. The lowest BCUT2D eigenvalue weighted by Gasteiger charge is -2.29. The van der Waals surface area contributed by atoms with Crippen molar-refractivity contribution in [2.75, 3.05) is 0 Å². The lowest BCUT2D eigenvalue weighted by Crippen LogP contribution is -2.30. The predicted octanol–water partition coefficient (Wildman–Crippen LogP) is 8.07. The highest BCUT2D eigenvalue weighted by atomic mass is 14.9. The van der Waals surface area contributed by atoms with Crippen LogP contribution in [0.25, 0.3) is 22.4 Å². The molecule has 0 saturated heterocycles. The molecule has 1 heteroatoms. The largest absolute Gasteiger partial charge is 0.213 e. The molecule has 2 aliphatic carbocycles. The maximum atomic E-state index is 2.61. The number of fused-ring (bicyclic) bond motifs is 2. The molecular weight excluding hydrogens is 410 g/mol. The number of nitrogens with zero attached hydrogens (tertiary/aromatic N) is 1. The summed E-state index contributed by atoms with van der Waals surface area (Å²) in [6.45, 7) is 21.9. The van der Waals surface area contributed by atoms with E-state index in [1.165, 1.54) is 40.8 Å². The Morgan fingerprint density at radius 1 is 0.676 bits per heavy atom. The number of hydrogen-bond acceptors (Lipinski definition) is 0. The standard InChI is InChI=1S/C33H42N/c1-21-13-11-12-14-23(21)26-17-22(15-16-34(26)10)27-28-24(30(2,3)19-32(28,6)7)18-25-29(27)33(8,9)20-31(25,4)5/h11-18H,19-20H2,1-10H3/q+1. The topological polar surface area (TPSA) is 3.88 Å². The van der Waals surface area contributed by atoms with Gasteiger partial charge in [-0.2, -0.15) is 0 Å². The van der Waals surface area contributed by atoms with Crippen molar-refractivity contribution in [3.05, 3.63) is 76.5 Å². The van der Waals surface area contributed by atoms with Gasteiger partial charge in [0.1, 0.15) is 7.05 Å². The van der Waals surface area contributed by atoms with Gasteiger partial charge in [-0.15, -0.1) is 0 Å². The Kier molecular flexibility index (Phi) is 4.85. The first-order valence-electron chi connectivity index (χ1n) is 12.9. The highest BCUT2D eigenvalue weighted by Gasteiger charge is 2.50. The molecule has 3 aromatic rings.